The molecule has 2 rings (SSSR count). The van der Waals surface area contributed by atoms with Crippen molar-refractivity contribution in [3.63, 3.8) is 0 Å². The van der Waals surface area contributed by atoms with Gasteiger partial charge < -0.3 is 9.47 Å². The molecule has 1 aliphatic carbocycles. The second kappa shape index (κ2) is 4.88. The molecule has 2 heteroatoms. The van der Waals surface area contributed by atoms with Crippen LogP contribution in [0.25, 0.3) is 0 Å². The van der Waals surface area contributed by atoms with Crippen LogP contribution in [-0.4, -0.2) is 7.11 Å². The van der Waals surface area contributed by atoms with Gasteiger partial charge in [-0.2, -0.15) is 0 Å². The van der Waals surface area contributed by atoms with Gasteiger partial charge in [0, 0.05) is 5.92 Å². The van der Waals surface area contributed by atoms with E-state index in [1.54, 1.807) is 7.11 Å². The summed E-state index contributed by atoms with van der Waals surface area (Å²) in [6.45, 7) is 2.17. The van der Waals surface area contributed by atoms with Crippen molar-refractivity contribution >= 4 is 0 Å². The van der Waals surface area contributed by atoms with Gasteiger partial charge in [0.15, 0.2) is 0 Å². The Hall–Kier alpha value is -1.70. The predicted molar refractivity (Wildman–Crippen MR) is 64.6 cm³/mol. The minimum Gasteiger partial charge on any atom is -0.497 e. The molecule has 0 saturated heterocycles. The third kappa shape index (κ3) is 2.45. The Morgan fingerprint density at radius 3 is 2.44 bits per heavy atom. The zero-order valence-electron chi connectivity index (χ0n) is 9.64. The van der Waals surface area contributed by atoms with E-state index in [0.29, 0.717) is 5.92 Å². The Morgan fingerprint density at radius 1 is 1.12 bits per heavy atom. The van der Waals surface area contributed by atoms with Gasteiger partial charge in [-0.05, 0) is 36.8 Å². The first-order chi connectivity index (χ1) is 7.79. The monoisotopic (exact) mass is 216 g/mol. The molecular formula is C14H16O2. The fourth-order valence-electron chi connectivity index (χ4n) is 1.64. The molecule has 1 aromatic carbocycles. The number of hydrogen-bond donors (Lipinski definition) is 0. The molecule has 0 bridgehead atoms. The molecule has 0 fully saturated rings. The van der Waals surface area contributed by atoms with E-state index in [4.69, 9.17) is 9.47 Å². The molecule has 0 saturated carbocycles. The second-order valence-electron chi connectivity index (χ2n) is 3.91. The van der Waals surface area contributed by atoms with Gasteiger partial charge in [0.25, 0.3) is 0 Å². The minimum atomic E-state index is 0.451. The molecular weight excluding hydrogens is 200 g/mol. The number of benzene rings is 1. The highest BCUT2D eigenvalue weighted by molar-refractivity contribution is 5.33. The second-order valence-corrected chi connectivity index (χ2v) is 3.91. The minimum absolute atomic E-state index is 0.451. The summed E-state index contributed by atoms with van der Waals surface area (Å²) in [7, 11) is 1.66. The first-order valence-electron chi connectivity index (χ1n) is 5.48. The molecule has 1 unspecified atom stereocenters. The first-order valence-corrected chi connectivity index (χ1v) is 5.48. The fraction of sp³-hybridized carbons (Fsp3) is 0.286. The summed E-state index contributed by atoms with van der Waals surface area (Å²) < 4.78 is 10.9. The van der Waals surface area contributed by atoms with Crippen LogP contribution in [0, 0.1) is 5.92 Å². The summed E-state index contributed by atoms with van der Waals surface area (Å²) in [5.41, 5.74) is 0. The van der Waals surface area contributed by atoms with Crippen molar-refractivity contribution in [2.45, 2.75) is 13.3 Å². The molecule has 16 heavy (non-hydrogen) atoms. The van der Waals surface area contributed by atoms with Gasteiger partial charge in [-0.25, -0.2) is 0 Å². The summed E-state index contributed by atoms with van der Waals surface area (Å²) in [5, 5.41) is 0. The zero-order valence-corrected chi connectivity index (χ0v) is 9.64. The quantitative estimate of drug-likeness (QED) is 0.769. The van der Waals surface area contributed by atoms with Gasteiger partial charge in [-0.3, -0.25) is 0 Å². The summed E-state index contributed by atoms with van der Waals surface area (Å²) in [5.74, 6) is 3.17. The normalized spacial score (nSPS) is 19.1. The number of hydrogen-bond acceptors (Lipinski definition) is 2. The largest absolute Gasteiger partial charge is 0.497 e. The third-order valence-corrected chi connectivity index (χ3v) is 2.67. The average Bonchev–Trinajstić information content (AvgIpc) is 2.33. The highest BCUT2D eigenvalue weighted by atomic mass is 16.5. The van der Waals surface area contributed by atoms with Crippen LogP contribution in [0.15, 0.2) is 48.3 Å². The van der Waals surface area contributed by atoms with E-state index in [-0.39, 0.29) is 0 Å². The molecule has 0 aromatic heterocycles. The van der Waals surface area contributed by atoms with Crippen molar-refractivity contribution in [3.05, 3.63) is 48.3 Å². The summed E-state index contributed by atoms with van der Waals surface area (Å²) in [4.78, 5) is 0. The SMILES string of the molecule is COc1ccc(OC2=CC=CCC2C)cc1. The van der Waals surface area contributed by atoms with Gasteiger partial charge >= 0.3 is 0 Å². The Kier molecular flexibility index (Phi) is 3.30. The van der Waals surface area contributed by atoms with E-state index < -0.39 is 0 Å². The predicted octanol–water partition coefficient (Wildman–Crippen LogP) is 3.55. The van der Waals surface area contributed by atoms with Crippen molar-refractivity contribution in [3.8, 4) is 11.5 Å². The van der Waals surface area contributed by atoms with Crippen LogP contribution < -0.4 is 9.47 Å². The Labute approximate surface area is 96.2 Å². The van der Waals surface area contributed by atoms with Crippen molar-refractivity contribution in [1.29, 1.82) is 0 Å². The van der Waals surface area contributed by atoms with E-state index in [1.807, 2.05) is 36.4 Å². The lowest BCUT2D eigenvalue weighted by Crippen LogP contribution is -2.07. The van der Waals surface area contributed by atoms with Crippen molar-refractivity contribution < 1.29 is 9.47 Å². The molecule has 2 nitrogen and oxygen atoms in total. The molecule has 0 spiro atoms. The average molecular weight is 216 g/mol. The number of allylic oxidation sites excluding steroid dienone is 4. The molecule has 1 atom stereocenters. The van der Waals surface area contributed by atoms with Gasteiger partial charge in [0.2, 0.25) is 0 Å². The lowest BCUT2D eigenvalue weighted by Gasteiger charge is -2.17. The van der Waals surface area contributed by atoms with Crippen molar-refractivity contribution in [1.82, 2.24) is 0 Å². The molecule has 1 aromatic rings. The van der Waals surface area contributed by atoms with Gasteiger partial charge in [-0.15, -0.1) is 0 Å². The van der Waals surface area contributed by atoms with Crippen molar-refractivity contribution in [2.75, 3.05) is 7.11 Å². The first kappa shape index (κ1) is 10.8. The fourth-order valence-corrected chi connectivity index (χ4v) is 1.64. The van der Waals surface area contributed by atoms with E-state index >= 15 is 0 Å². The van der Waals surface area contributed by atoms with Crippen LogP contribution in [-0.2, 0) is 0 Å². The van der Waals surface area contributed by atoms with Gasteiger partial charge in [0.05, 0.1) is 7.11 Å². The molecule has 84 valence electrons. The maximum absolute atomic E-state index is 5.82. The van der Waals surface area contributed by atoms with Crippen LogP contribution in [0.1, 0.15) is 13.3 Å². The Morgan fingerprint density at radius 2 is 1.81 bits per heavy atom. The number of ether oxygens (including phenoxy) is 2. The molecule has 0 heterocycles. The molecule has 0 radical (unpaired) electrons. The van der Waals surface area contributed by atoms with Crippen LogP contribution in [0.4, 0.5) is 0 Å². The maximum Gasteiger partial charge on any atom is 0.127 e. The molecule has 0 amide bonds. The van der Waals surface area contributed by atoms with Crippen molar-refractivity contribution in [2.24, 2.45) is 5.92 Å². The number of methoxy groups -OCH3 is 1. The van der Waals surface area contributed by atoms with Crippen LogP contribution in [0.5, 0.6) is 11.5 Å². The number of rotatable bonds is 3. The third-order valence-electron chi connectivity index (χ3n) is 2.67. The summed E-state index contributed by atoms with van der Waals surface area (Å²) >= 11 is 0. The van der Waals surface area contributed by atoms with E-state index in [2.05, 4.69) is 13.0 Å². The molecule has 0 N–H and O–H groups in total. The lowest BCUT2D eigenvalue weighted by molar-refractivity contribution is 0.354. The molecule has 1 aliphatic rings. The van der Waals surface area contributed by atoms with Gasteiger partial charge in [-0.1, -0.05) is 19.1 Å². The van der Waals surface area contributed by atoms with E-state index in [9.17, 15) is 0 Å². The maximum atomic E-state index is 5.82. The van der Waals surface area contributed by atoms with Gasteiger partial charge in [0.1, 0.15) is 17.3 Å². The van der Waals surface area contributed by atoms with Crippen LogP contribution >= 0.6 is 0 Å². The molecule has 0 aliphatic heterocycles. The standard InChI is InChI=1S/C14H16O2/c1-11-5-3-4-6-14(11)16-13-9-7-12(15-2)8-10-13/h3-4,6-11H,5H2,1-2H3. The van der Waals surface area contributed by atoms with E-state index in [1.165, 1.54) is 0 Å². The Balaban J connectivity index is 2.08. The smallest absolute Gasteiger partial charge is 0.127 e. The van der Waals surface area contributed by atoms with E-state index in [0.717, 1.165) is 23.7 Å². The summed E-state index contributed by atoms with van der Waals surface area (Å²) in [6.07, 6.45) is 7.27. The highest BCUT2D eigenvalue weighted by Gasteiger charge is 2.11. The summed E-state index contributed by atoms with van der Waals surface area (Å²) in [6, 6.07) is 7.65. The topological polar surface area (TPSA) is 18.5 Å². The van der Waals surface area contributed by atoms with Crippen LogP contribution in [0.3, 0.4) is 0 Å². The zero-order chi connectivity index (χ0) is 11.4. The van der Waals surface area contributed by atoms with Crippen LogP contribution in [0.2, 0.25) is 0 Å². The highest BCUT2D eigenvalue weighted by Crippen LogP contribution is 2.25. The Bertz CT molecular complexity index is 401. The lowest BCUT2D eigenvalue weighted by atomic mass is 10.0.